The molecule has 1 N–H and O–H groups in total. The van der Waals surface area contributed by atoms with E-state index in [9.17, 15) is 9.59 Å². The number of amides is 2. The number of hydrogen-bond donors (Lipinski definition) is 1. The zero-order chi connectivity index (χ0) is 17.9. The number of fused-ring (bicyclic) bond motifs is 1. The highest BCUT2D eigenvalue weighted by Gasteiger charge is 2.22. The third kappa shape index (κ3) is 3.26. The Morgan fingerprint density at radius 3 is 2.62 bits per heavy atom. The van der Waals surface area contributed by atoms with Crippen molar-refractivity contribution in [3.8, 4) is 11.5 Å². The fourth-order valence-electron chi connectivity index (χ4n) is 2.96. The second-order valence-corrected chi connectivity index (χ2v) is 6.06. The van der Waals surface area contributed by atoms with Crippen molar-refractivity contribution in [3.63, 3.8) is 0 Å². The predicted molar refractivity (Wildman–Crippen MR) is 93.6 cm³/mol. The van der Waals surface area contributed by atoms with Gasteiger partial charge in [-0.15, -0.1) is 0 Å². The Hall–Kier alpha value is -3.29. The van der Waals surface area contributed by atoms with Crippen LogP contribution in [0.5, 0.6) is 11.5 Å². The number of anilines is 2. The van der Waals surface area contributed by atoms with Gasteiger partial charge in [-0.1, -0.05) is 0 Å². The molecule has 2 aliphatic heterocycles. The average Bonchev–Trinajstić information content (AvgIpc) is 3.15. The number of carbonyl (C=O) groups is 2. The van der Waals surface area contributed by atoms with Crippen LogP contribution in [0.15, 0.2) is 36.5 Å². The topological polar surface area (TPSA) is 84.0 Å². The standard InChI is InChI=1S/C18H18N4O4/c23-11-21-5-7-22(8-6-21)18(24)15-9-14(3-4-19-15)20-13-1-2-16-17(10-13)26-12-25-16/h1-4,9-11H,5-8,12H2,(H,19,20). The van der Waals surface area contributed by atoms with Gasteiger partial charge in [0.1, 0.15) is 5.69 Å². The molecule has 2 aromatic rings. The minimum Gasteiger partial charge on any atom is -0.454 e. The van der Waals surface area contributed by atoms with Crippen LogP contribution in [-0.4, -0.2) is 60.1 Å². The number of carbonyl (C=O) groups excluding carboxylic acids is 2. The molecule has 4 rings (SSSR count). The molecule has 1 aromatic carbocycles. The van der Waals surface area contributed by atoms with E-state index in [4.69, 9.17) is 9.47 Å². The first-order valence-corrected chi connectivity index (χ1v) is 8.34. The molecule has 1 saturated heterocycles. The van der Waals surface area contributed by atoms with E-state index in [1.54, 1.807) is 28.1 Å². The van der Waals surface area contributed by atoms with E-state index >= 15 is 0 Å². The molecular weight excluding hydrogens is 336 g/mol. The lowest BCUT2D eigenvalue weighted by Crippen LogP contribution is -2.48. The number of rotatable bonds is 4. The molecule has 3 heterocycles. The highest BCUT2D eigenvalue weighted by atomic mass is 16.7. The van der Waals surface area contributed by atoms with Gasteiger partial charge in [-0.25, -0.2) is 0 Å². The van der Waals surface area contributed by atoms with Gasteiger partial charge >= 0.3 is 0 Å². The zero-order valence-corrected chi connectivity index (χ0v) is 14.1. The van der Waals surface area contributed by atoms with E-state index in [-0.39, 0.29) is 12.7 Å². The third-order valence-electron chi connectivity index (χ3n) is 4.39. The first-order chi connectivity index (χ1) is 12.7. The summed E-state index contributed by atoms with van der Waals surface area (Å²) in [6, 6.07) is 9.09. The maximum Gasteiger partial charge on any atom is 0.272 e. The van der Waals surface area contributed by atoms with Gasteiger partial charge in [0.05, 0.1) is 0 Å². The van der Waals surface area contributed by atoms with E-state index in [0.717, 1.165) is 23.5 Å². The summed E-state index contributed by atoms with van der Waals surface area (Å²) in [4.78, 5) is 31.0. The quantitative estimate of drug-likeness (QED) is 0.837. The maximum absolute atomic E-state index is 12.6. The first-order valence-electron chi connectivity index (χ1n) is 8.34. The SMILES string of the molecule is O=CN1CCN(C(=O)c2cc(Nc3ccc4c(c3)OCO4)ccn2)CC1. The van der Waals surface area contributed by atoms with Gasteiger partial charge in [0.15, 0.2) is 11.5 Å². The molecule has 2 amide bonds. The van der Waals surface area contributed by atoms with Crippen LogP contribution in [0.4, 0.5) is 11.4 Å². The van der Waals surface area contributed by atoms with Gasteiger partial charge in [-0.2, -0.15) is 0 Å². The summed E-state index contributed by atoms with van der Waals surface area (Å²) in [5, 5.41) is 3.25. The van der Waals surface area contributed by atoms with Crippen LogP contribution in [0.25, 0.3) is 0 Å². The molecule has 0 spiro atoms. The van der Waals surface area contributed by atoms with Crippen molar-refractivity contribution in [2.75, 3.05) is 38.3 Å². The van der Waals surface area contributed by atoms with Crippen LogP contribution >= 0.6 is 0 Å². The van der Waals surface area contributed by atoms with Crippen LogP contribution in [-0.2, 0) is 4.79 Å². The molecule has 1 fully saturated rings. The summed E-state index contributed by atoms with van der Waals surface area (Å²) in [5.41, 5.74) is 1.96. The lowest BCUT2D eigenvalue weighted by Gasteiger charge is -2.32. The normalized spacial score (nSPS) is 15.7. The fourth-order valence-corrected chi connectivity index (χ4v) is 2.96. The number of ether oxygens (including phenoxy) is 2. The molecule has 0 aliphatic carbocycles. The van der Waals surface area contributed by atoms with Crippen LogP contribution in [0.3, 0.4) is 0 Å². The van der Waals surface area contributed by atoms with Gasteiger partial charge in [-0.05, 0) is 24.3 Å². The van der Waals surface area contributed by atoms with E-state index in [2.05, 4.69) is 10.3 Å². The van der Waals surface area contributed by atoms with Crippen molar-refractivity contribution in [2.45, 2.75) is 0 Å². The van der Waals surface area contributed by atoms with Gasteiger partial charge < -0.3 is 24.6 Å². The Kier molecular flexibility index (Phi) is 4.30. The second-order valence-electron chi connectivity index (χ2n) is 6.06. The van der Waals surface area contributed by atoms with Crippen molar-refractivity contribution in [2.24, 2.45) is 0 Å². The molecular formula is C18H18N4O4. The molecule has 8 heteroatoms. The van der Waals surface area contributed by atoms with Crippen molar-refractivity contribution in [1.29, 1.82) is 0 Å². The monoisotopic (exact) mass is 354 g/mol. The number of pyridine rings is 1. The van der Waals surface area contributed by atoms with Crippen molar-refractivity contribution >= 4 is 23.7 Å². The molecule has 0 radical (unpaired) electrons. The molecule has 134 valence electrons. The van der Waals surface area contributed by atoms with E-state index < -0.39 is 0 Å². The molecule has 8 nitrogen and oxygen atoms in total. The minimum atomic E-state index is -0.134. The number of nitrogens with one attached hydrogen (secondary N) is 1. The summed E-state index contributed by atoms with van der Waals surface area (Å²) in [7, 11) is 0. The number of hydrogen-bond acceptors (Lipinski definition) is 6. The van der Waals surface area contributed by atoms with E-state index in [1.807, 2.05) is 18.2 Å². The predicted octanol–water partition coefficient (Wildman–Crippen LogP) is 1.47. The summed E-state index contributed by atoms with van der Waals surface area (Å²) < 4.78 is 10.7. The van der Waals surface area contributed by atoms with Crippen LogP contribution < -0.4 is 14.8 Å². The zero-order valence-electron chi connectivity index (χ0n) is 14.1. The highest BCUT2D eigenvalue weighted by Crippen LogP contribution is 2.35. The van der Waals surface area contributed by atoms with Gasteiger partial charge in [-0.3, -0.25) is 14.6 Å². The molecule has 0 unspecified atom stereocenters. The lowest BCUT2D eigenvalue weighted by molar-refractivity contribution is -0.119. The van der Waals surface area contributed by atoms with Crippen molar-refractivity contribution < 1.29 is 19.1 Å². The Balaban J connectivity index is 1.46. The van der Waals surface area contributed by atoms with Crippen molar-refractivity contribution in [1.82, 2.24) is 14.8 Å². The first kappa shape index (κ1) is 16.2. The Morgan fingerprint density at radius 1 is 1.04 bits per heavy atom. The summed E-state index contributed by atoms with van der Waals surface area (Å²) in [6.07, 6.45) is 2.42. The van der Waals surface area contributed by atoms with Gasteiger partial charge in [0, 0.05) is 49.8 Å². The van der Waals surface area contributed by atoms with Crippen LogP contribution in [0.1, 0.15) is 10.5 Å². The number of aromatic nitrogens is 1. The molecule has 1 aromatic heterocycles. The summed E-state index contributed by atoms with van der Waals surface area (Å²) in [6.45, 7) is 2.34. The lowest BCUT2D eigenvalue weighted by atomic mass is 10.2. The number of benzene rings is 1. The third-order valence-corrected chi connectivity index (χ3v) is 4.39. The van der Waals surface area contributed by atoms with E-state index in [1.165, 1.54) is 0 Å². The molecule has 0 atom stereocenters. The van der Waals surface area contributed by atoms with E-state index in [0.29, 0.717) is 37.6 Å². The van der Waals surface area contributed by atoms with Gasteiger partial charge in [0.25, 0.3) is 5.91 Å². The summed E-state index contributed by atoms with van der Waals surface area (Å²) >= 11 is 0. The van der Waals surface area contributed by atoms with Gasteiger partial charge in [0.2, 0.25) is 13.2 Å². The molecule has 2 aliphatic rings. The maximum atomic E-state index is 12.6. The second kappa shape index (κ2) is 6.91. The number of piperazine rings is 1. The average molecular weight is 354 g/mol. The highest BCUT2D eigenvalue weighted by molar-refractivity contribution is 5.93. The van der Waals surface area contributed by atoms with Crippen LogP contribution in [0, 0.1) is 0 Å². The molecule has 0 bridgehead atoms. The minimum absolute atomic E-state index is 0.134. The number of nitrogens with zero attached hydrogens (tertiary/aromatic N) is 3. The Labute approximate surface area is 150 Å². The molecule has 0 saturated carbocycles. The Bertz CT molecular complexity index is 834. The summed E-state index contributed by atoms with van der Waals surface area (Å²) in [5.74, 6) is 1.27. The smallest absolute Gasteiger partial charge is 0.272 e. The van der Waals surface area contributed by atoms with Crippen LogP contribution in [0.2, 0.25) is 0 Å². The Morgan fingerprint density at radius 2 is 1.81 bits per heavy atom. The van der Waals surface area contributed by atoms with Crippen molar-refractivity contribution in [3.05, 3.63) is 42.2 Å². The largest absolute Gasteiger partial charge is 0.454 e. The fraction of sp³-hybridized carbons (Fsp3) is 0.278. The molecule has 26 heavy (non-hydrogen) atoms.